The Bertz CT molecular complexity index is 942. The fourth-order valence-corrected chi connectivity index (χ4v) is 3.19. The Labute approximate surface area is 143 Å². The van der Waals surface area contributed by atoms with Gasteiger partial charge in [0.25, 0.3) is 5.89 Å². The predicted molar refractivity (Wildman–Crippen MR) is 95.7 cm³/mol. The molecule has 24 heavy (non-hydrogen) atoms. The number of rotatable bonds is 4. The van der Waals surface area contributed by atoms with E-state index in [1.54, 1.807) is 11.3 Å². The molecule has 0 spiro atoms. The van der Waals surface area contributed by atoms with Gasteiger partial charge in [0.15, 0.2) is 0 Å². The van der Waals surface area contributed by atoms with Crippen molar-refractivity contribution in [3.63, 3.8) is 0 Å². The van der Waals surface area contributed by atoms with E-state index in [2.05, 4.69) is 27.4 Å². The topological polar surface area (TPSA) is 51.8 Å². The summed E-state index contributed by atoms with van der Waals surface area (Å²) >= 11 is 1.70. The van der Waals surface area contributed by atoms with Gasteiger partial charge in [-0.3, -0.25) is 0 Å². The van der Waals surface area contributed by atoms with Crippen molar-refractivity contribution in [1.82, 2.24) is 15.1 Å². The van der Waals surface area contributed by atoms with Gasteiger partial charge in [0.05, 0.1) is 10.7 Å². The molecule has 0 saturated heterocycles. The van der Waals surface area contributed by atoms with Gasteiger partial charge in [-0.15, -0.1) is 11.3 Å². The van der Waals surface area contributed by atoms with Gasteiger partial charge in [0.1, 0.15) is 0 Å². The van der Waals surface area contributed by atoms with Crippen LogP contribution in [0.1, 0.15) is 11.9 Å². The monoisotopic (exact) mass is 333 g/mol. The number of nitrogens with zero attached hydrogens (tertiary/aromatic N) is 3. The lowest BCUT2D eigenvalue weighted by Crippen LogP contribution is -1.84. The molecule has 2 heterocycles. The van der Waals surface area contributed by atoms with Crippen LogP contribution in [0.3, 0.4) is 0 Å². The third-order valence-electron chi connectivity index (χ3n) is 3.74. The average molecular weight is 333 g/mol. The molecule has 0 aliphatic rings. The molecule has 0 fully saturated rings. The van der Waals surface area contributed by atoms with Crippen molar-refractivity contribution >= 4 is 11.3 Å². The normalized spacial score (nSPS) is 10.9. The van der Waals surface area contributed by atoms with Crippen molar-refractivity contribution in [3.8, 4) is 34.1 Å². The molecular formula is C19H15N3OS. The number of hydrogen-bond acceptors (Lipinski definition) is 5. The predicted octanol–water partition coefficient (Wildman–Crippen LogP) is 5.09. The molecule has 0 aliphatic heterocycles. The summed E-state index contributed by atoms with van der Waals surface area (Å²) in [6.07, 6.45) is 0.966. The van der Waals surface area contributed by atoms with E-state index >= 15 is 0 Å². The Hall–Kier alpha value is -2.79. The Balaban J connectivity index is 1.60. The summed E-state index contributed by atoms with van der Waals surface area (Å²) in [5.41, 5.74) is 3.96. The van der Waals surface area contributed by atoms with Crippen molar-refractivity contribution in [2.24, 2.45) is 0 Å². The first kappa shape index (κ1) is 14.8. The smallest absolute Gasteiger partial charge is 0.258 e. The largest absolute Gasteiger partial charge is 0.334 e. The molecule has 0 radical (unpaired) electrons. The second kappa shape index (κ2) is 6.37. The molecule has 4 rings (SSSR count). The maximum atomic E-state index is 5.37. The third-order valence-corrected chi connectivity index (χ3v) is 4.73. The molecule has 0 N–H and O–H groups in total. The Morgan fingerprint density at radius 1 is 0.875 bits per heavy atom. The first-order chi connectivity index (χ1) is 11.8. The number of aryl methyl sites for hydroxylation is 1. The maximum Gasteiger partial charge on any atom is 0.258 e. The fourth-order valence-electron chi connectivity index (χ4n) is 2.43. The molecule has 5 heteroatoms. The van der Waals surface area contributed by atoms with Crippen LogP contribution < -0.4 is 0 Å². The highest BCUT2D eigenvalue weighted by Crippen LogP contribution is 2.26. The first-order valence-electron chi connectivity index (χ1n) is 7.78. The molecule has 0 aliphatic carbocycles. The highest BCUT2D eigenvalue weighted by molar-refractivity contribution is 7.09. The Morgan fingerprint density at radius 2 is 1.62 bits per heavy atom. The van der Waals surface area contributed by atoms with Crippen molar-refractivity contribution in [3.05, 3.63) is 65.0 Å². The summed E-state index contributed by atoms with van der Waals surface area (Å²) in [4.78, 5) is 9.09. The molecule has 0 atom stereocenters. The van der Waals surface area contributed by atoms with Gasteiger partial charge in [-0.05, 0) is 18.6 Å². The Kier molecular flexibility index (Phi) is 3.92. The standard InChI is InChI=1S/C19H15N3OS/c1-2-17-20-16(12-24-17)13-8-10-14(11-9-13)18-21-19(23-22-18)15-6-4-3-5-7-15/h3-12H,2H2,1H3. The molecule has 4 nitrogen and oxygen atoms in total. The molecule has 2 aromatic heterocycles. The SMILES string of the molecule is CCc1nc(-c2ccc(-c3noc(-c4ccccc4)n3)cc2)cs1. The van der Waals surface area contributed by atoms with Gasteiger partial charge in [0.2, 0.25) is 5.82 Å². The zero-order valence-corrected chi connectivity index (χ0v) is 14.0. The highest BCUT2D eigenvalue weighted by atomic mass is 32.1. The summed E-state index contributed by atoms with van der Waals surface area (Å²) in [6, 6.07) is 17.9. The summed E-state index contributed by atoms with van der Waals surface area (Å²) < 4.78 is 5.37. The van der Waals surface area contributed by atoms with Crippen LogP contribution in [-0.4, -0.2) is 15.1 Å². The lowest BCUT2D eigenvalue weighted by molar-refractivity contribution is 0.432. The van der Waals surface area contributed by atoms with Gasteiger partial charge in [0, 0.05) is 22.1 Å². The van der Waals surface area contributed by atoms with Crippen molar-refractivity contribution in [2.45, 2.75) is 13.3 Å². The summed E-state index contributed by atoms with van der Waals surface area (Å²) in [5.74, 6) is 1.12. The molecule has 118 valence electrons. The minimum absolute atomic E-state index is 0.529. The average Bonchev–Trinajstić information content (AvgIpc) is 3.32. The molecule has 2 aromatic carbocycles. The van der Waals surface area contributed by atoms with Gasteiger partial charge in [-0.25, -0.2) is 4.98 Å². The number of hydrogen-bond donors (Lipinski definition) is 0. The second-order valence-electron chi connectivity index (χ2n) is 5.35. The fraction of sp³-hybridized carbons (Fsp3) is 0.105. The minimum atomic E-state index is 0.529. The van der Waals surface area contributed by atoms with Gasteiger partial charge in [-0.2, -0.15) is 4.98 Å². The van der Waals surface area contributed by atoms with E-state index < -0.39 is 0 Å². The zero-order valence-electron chi connectivity index (χ0n) is 13.1. The second-order valence-corrected chi connectivity index (χ2v) is 6.29. The lowest BCUT2D eigenvalue weighted by Gasteiger charge is -1.98. The molecule has 0 amide bonds. The van der Waals surface area contributed by atoms with Crippen molar-refractivity contribution in [2.75, 3.05) is 0 Å². The molecule has 4 aromatic rings. The molecular weight excluding hydrogens is 318 g/mol. The van der Waals surface area contributed by atoms with Gasteiger partial charge in [-0.1, -0.05) is 54.5 Å². The van der Waals surface area contributed by atoms with Crippen LogP contribution in [0.25, 0.3) is 34.1 Å². The minimum Gasteiger partial charge on any atom is -0.334 e. The van der Waals surface area contributed by atoms with E-state index in [1.807, 2.05) is 54.6 Å². The van der Waals surface area contributed by atoms with Crippen LogP contribution in [0.4, 0.5) is 0 Å². The van der Waals surface area contributed by atoms with Crippen molar-refractivity contribution in [1.29, 1.82) is 0 Å². The Morgan fingerprint density at radius 3 is 2.33 bits per heavy atom. The third kappa shape index (κ3) is 2.86. The van der Waals surface area contributed by atoms with Crippen LogP contribution in [0.15, 0.2) is 64.5 Å². The maximum absolute atomic E-state index is 5.37. The summed E-state index contributed by atoms with van der Waals surface area (Å²) in [5, 5.41) is 7.33. The van der Waals surface area contributed by atoms with E-state index in [0.717, 1.165) is 33.8 Å². The highest BCUT2D eigenvalue weighted by Gasteiger charge is 2.11. The van der Waals surface area contributed by atoms with E-state index in [1.165, 1.54) is 0 Å². The van der Waals surface area contributed by atoms with Crippen LogP contribution in [0, 0.1) is 0 Å². The van der Waals surface area contributed by atoms with Gasteiger partial charge >= 0.3 is 0 Å². The quantitative estimate of drug-likeness (QED) is 0.522. The van der Waals surface area contributed by atoms with E-state index in [4.69, 9.17) is 4.52 Å². The van der Waals surface area contributed by atoms with Crippen LogP contribution in [0.2, 0.25) is 0 Å². The van der Waals surface area contributed by atoms with Crippen LogP contribution >= 0.6 is 11.3 Å². The summed E-state index contributed by atoms with van der Waals surface area (Å²) in [7, 11) is 0. The number of thiazole rings is 1. The van der Waals surface area contributed by atoms with Crippen LogP contribution in [-0.2, 0) is 6.42 Å². The van der Waals surface area contributed by atoms with Crippen molar-refractivity contribution < 1.29 is 4.52 Å². The lowest BCUT2D eigenvalue weighted by atomic mass is 10.1. The molecule has 0 saturated carbocycles. The number of aromatic nitrogens is 3. The molecule has 0 bridgehead atoms. The zero-order chi connectivity index (χ0) is 16.4. The van der Waals surface area contributed by atoms with Crippen LogP contribution in [0.5, 0.6) is 0 Å². The van der Waals surface area contributed by atoms with E-state index in [9.17, 15) is 0 Å². The van der Waals surface area contributed by atoms with E-state index in [0.29, 0.717) is 11.7 Å². The first-order valence-corrected chi connectivity index (χ1v) is 8.66. The van der Waals surface area contributed by atoms with E-state index in [-0.39, 0.29) is 0 Å². The number of benzene rings is 2. The van der Waals surface area contributed by atoms with Gasteiger partial charge < -0.3 is 4.52 Å². The molecule has 0 unspecified atom stereocenters. The summed E-state index contributed by atoms with van der Waals surface area (Å²) in [6.45, 7) is 2.12.